The number of allylic oxidation sites excluding steroid dienone is 1. The van der Waals surface area contributed by atoms with Crippen LogP contribution in [0, 0.1) is 11.8 Å². The van der Waals surface area contributed by atoms with Crippen molar-refractivity contribution in [1.29, 1.82) is 0 Å². The Balaban J connectivity index is 4.43. The lowest BCUT2D eigenvalue weighted by atomic mass is 10.2. The predicted molar refractivity (Wildman–Crippen MR) is 69.7 cm³/mol. The van der Waals surface area contributed by atoms with Gasteiger partial charge in [-0.3, -0.25) is 0 Å². The zero-order chi connectivity index (χ0) is 12.8. The standard InChI is InChI=1S/C13H22O2S/c1-6-7-8-9-10-11-12(2)16(14,15)13(3,4)5/h2,6-8,11H2,1,3-5H3. The van der Waals surface area contributed by atoms with Gasteiger partial charge in [0.2, 0.25) is 0 Å². The van der Waals surface area contributed by atoms with Crippen molar-refractivity contribution in [3.63, 3.8) is 0 Å². The zero-order valence-corrected chi connectivity index (χ0v) is 11.6. The minimum absolute atomic E-state index is 0.226. The molecule has 0 atom stereocenters. The van der Waals surface area contributed by atoms with E-state index >= 15 is 0 Å². The summed E-state index contributed by atoms with van der Waals surface area (Å²) in [5.74, 6) is 5.83. The first-order valence-corrected chi connectivity index (χ1v) is 7.10. The number of hydrogen-bond donors (Lipinski definition) is 0. The topological polar surface area (TPSA) is 34.1 Å². The monoisotopic (exact) mass is 242 g/mol. The zero-order valence-electron chi connectivity index (χ0n) is 10.8. The SMILES string of the molecule is C=C(CC#CCCCC)S(=O)(=O)C(C)(C)C. The van der Waals surface area contributed by atoms with E-state index in [2.05, 4.69) is 25.3 Å². The molecule has 0 N–H and O–H groups in total. The summed E-state index contributed by atoms with van der Waals surface area (Å²) >= 11 is 0. The van der Waals surface area contributed by atoms with Gasteiger partial charge in [0.15, 0.2) is 9.84 Å². The molecule has 2 nitrogen and oxygen atoms in total. The van der Waals surface area contributed by atoms with Crippen LogP contribution in [-0.4, -0.2) is 13.2 Å². The van der Waals surface area contributed by atoms with E-state index in [-0.39, 0.29) is 11.3 Å². The van der Waals surface area contributed by atoms with Gasteiger partial charge in [0, 0.05) is 17.7 Å². The first-order chi connectivity index (χ1) is 7.23. The van der Waals surface area contributed by atoms with Crippen LogP contribution in [0.4, 0.5) is 0 Å². The fraction of sp³-hybridized carbons (Fsp3) is 0.692. The van der Waals surface area contributed by atoms with Crippen molar-refractivity contribution in [3.8, 4) is 11.8 Å². The van der Waals surface area contributed by atoms with Crippen molar-refractivity contribution in [2.45, 2.75) is 58.1 Å². The highest BCUT2D eigenvalue weighted by Gasteiger charge is 2.30. The van der Waals surface area contributed by atoms with Gasteiger partial charge in [-0.05, 0) is 27.2 Å². The van der Waals surface area contributed by atoms with Crippen LogP contribution < -0.4 is 0 Å². The fourth-order valence-corrected chi connectivity index (χ4v) is 2.17. The molecule has 3 heteroatoms. The van der Waals surface area contributed by atoms with Gasteiger partial charge in [-0.2, -0.15) is 0 Å². The molecule has 0 bridgehead atoms. The van der Waals surface area contributed by atoms with Gasteiger partial charge in [-0.25, -0.2) is 8.42 Å². The number of unbranched alkanes of at least 4 members (excludes halogenated alkanes) is 2. The smallest absolute Gasteiger partial charge is 0.179 e. The Kier molecular flexibility index (Phi) is 5.81. The van der Waals surface area contributed by atoms with Crippen molar-refractivity contribution in [3.05, 3.63) is 11.5 Å². The molecule has 16 heavy (non-hydrogen) atoms. The molecular weight excluding hydrogens is 220 g/mol. The van der Waals surface area contributed by atoms with E-state index in [0.717, 1.165) is 19.3 Å². The van der Waals surface area contributed by atoms with E-state index in [1.807, 2.05) is 0 Å². The third-order valence-corrected chi connectivity index (χ3v) is 4.77. The van der Waals surface area contributed by atoms with Gasteiger partial charge in [0.05, 0.1) is 4.75 Å². The molecule has 0 aromatic rings. The van der Waals surface area contributed by atoms with E-state index in [4.69, 9.17) is 0 Å². The molecule has 0 fully saturated rings. The Morgan fingerprint density at radius 2 is 1.81 bits per heavy atom. The normalized spacial score (nSPS) is 11.8. The highest BCUT2D eigenvalue weighted by molar-refractivity contribution is 7.96. The maximum Gasteiger partial charge on any atom is 0.179 e. The van der Waals surface area contributed by atoms with Crippen LogP contribution >= 0.6 is 0 Å². The third-order valence-electron chi connectivity index (χ3n) is 2.25. The Bertz CT molecular complexity index is 386. The van der Waals surface area contributed by atoms with Gasteiger partial charge in [-0.1, -0.05) is 25.8 Å². The molecule has 0 aromatic heterocycles. The van der Waals surface area contributed by atoms with Gasteiger partial charge in [-0.15, -0.1) is 5.92 Å². The van der Waals surface area contributed by atoms with Gasteiger partial charge in [0.1, 0.15) is 0 Å². The average Bonchev–Trinajstić information content (AvgIpc) is 2.15. The van der Waals surface area contributed by atoms with Crippen molar-refractivity contribution < 1.29 is 8.42 Å². The molecule has 0 saturated heterocycles. The van der Waals surface area contributed by atoms with Gasteiger partial charge < -0.3 is 0 Å². The van der Waals surface area contributed by atoms with Crippen molar-refractivity contribution in [2.24, 2.45) is 0 Å². The summed E-state index contributed by atoms with van der Waals surface area (Å²) in [6.45, 7) is 10.8. The van der Waals surface area contributed by atoms with Crippen LogP contribution in [0.2, 0.25) is 0 Å². The summed E-state index contributed by atoms with van der Waals surface area (Å²) in [4.78, 5) is 0.226. The lowest BCUT2D eigenvalue weighted by molar-refractivity contribution is 0.566. The maximum absolute atomic E-state index is 11.9. The summed E-state index contributed by atoms with van der Waals surface area (Å²) in [5, 5.41) is 0. The molecule has 0 spiro atoms. The maximum atomic E-state index is 11.9. The molecule has 0 amide bonds. The second-order valence-corrected chi connectivity index (χ2v) is 7.60. The van der Waals surface area contributed by atoms with Crippen molar-refractivity contribution in [2.75, 3.05) is 0 Å². The summed E-state index contributed by atoms with van der Waals surface area (Å²) in [5.41, 5.74) is 0. The highest BCUT2D eigenvalue weighted by atomic mass is 32.2. The molecule has 0 aliphatic carbocycles. The minimum Gasteiger partial charge on any atom is -0.223 e. The molecule has 0 radical (unpaired) electrons. The first kappa shape index (κ1) is 15.2. The van der Waals surface area contributed by atoms with Crippen molar-refractivity contribution in [1.82, 2.24) is 0 Å². The number of sulfone groups is 1. The Morgan fingerprint density at radius 3 is 2.25 bits per heavy atom. The second kappa shape index (κ2) is 6.10. The Labute approximate surface area is 100 Å². The lowest BCUT2D eigenvalue weighted by Crippen LogP contribution is -2.28. The largest absolute Gasteiger partial charge is 0.223 e. The van der Waals surface area contributed by atoms with E-state index in [1.54, 1.807) is 20.8 Å². The van der Waals surface area contributed by atoms with E-state index in [1.165, 1.54) is 0 Å². The van der Waals surface area contributed by atoms with Crippen LogP contribution in [0.25, 0.3) is 0 Å². The Morgan fingerprint density at radius 1 is 1.25 bits per heavy atom. The second-order valence-electron chi connectivity index (χ2n) is 4.79. The van der Waals surface area contributed by atoms with Crippen LogP contribution in [0.5, 0.6) is 0 Å². The van der Waals surface area contributed by atoms with E-state index in [0.29, 0.717) is 0 Å². The van der Waals surface area contributed by atoms with Gasteiger partial charge >= 0.3 is 0 Å². The quantitative estimate of drug-likeness (QED) is 0.560. The van der Waals surface area contributed by atoms with Crippen LogP contribution in [-0.2, 0) is 9.84 Å². The molecule has 0 aliphatic heterocycles. The molecular formula is C13H22O2S. The average molecular weight is 242 g/mol. The van der Waals surface area contributed by atoms with Crippen LogP contribution in [0.15, 0.2) is 11.5 Å². The first-order valence-electron chi connectivity index (χ1n) is 5.61. The fourth-order valence-electron chi connectivity index (χ4n) is 1.04. The molecule has 0 rings (SSSR count). The summed E-state index contributed by atoms with van der Waals surface area (Å²) in [6, 6.07) is 0. The highest BCUT2D eigenvalue weighted by Crippen LogP contribution is 2.23. The van der Waals surface area contributed by atoms with E-state index < -0.39 is 14.6 Å². The number of rotatable bonds is 4. The van der Waals surface area contributed by atoms with Crippen LogP contribution in [0.1, 0.15) is 53.4 Å². The van der Waals surface area contributed by atoms with Gasteiger partial charge in [0.25, 0.3) is 0 Å². The summed E-state index contributed by atoms with van der Waals surface area (Å²) in [7, 11) is -3.27. The molecule has 0 aromatic carbocycles. The molecule has 0 heterocycles. The minimum atomic E-state index is -3.27. The molecule has 92 valence electrons. The third kappa shape index (κ3) is 4.40. The number of hydrogen-bond acceptors (Lipinski definition) is 2. The predicted octanol–water partition coefficient (Wildman–Crippen LogP) is 3.30. The summed E-state index contributed by atoms with van der Waals surface area (Å²) < 4.78 is 23.0. The van der Waals surface area contributed by atoms with Crippen molar-refractivity contribution >= 4 is 9.84 Å². The molecule has 0 saturated carbocycles. The van der Waals surface area contributed by atoms with Crippen LogP contribution in [0.3, 0.4) is 0 Å². The van der Waals surface area contributed by atoms with E-state index in [9.17, 15) is 8.42 Å². The molecule has 0 unspecified atom stereocenters. The molecule has 0 aliphatic rings. The Hall–Kier alpha value is -0.750. The summed E-state index contributed by atoms with van der Waals surface area (Å²) in [6.07, 6.45) is 3.25. The lowest BCUT2D eigenvalue weighted by Gasteiger charge is -2.19.